The lowest BCUT2D eigenvalue weighted by Gasteiger charge is -2.03. The number of methoxy groups -OCH3 is 1. The minimum Gasteiger partial charge on any atom is -0.478 e. The van der Waals surface area contributed by atoms with Gasteiger partial charge in [0.15, 0.2) is 0 Å². The molecule has 46 valence electrons. The smallest absolute Gasteiger partial charge is 0.286 e. The largest absolute Gasteiger partial charge is 0.478 e. The van der Waals surface area contributed by atoms with Crippen LogP contribution in [0.15, 0.2) is 0 Å². The average Bonchev–Trinajstić information content (AvgIpc) is 1.65. The maximum atomic E-state index is 9.79. The molecule has 0 N–H and O–H groups in total. The molecule has 0 aromatic heterocycles. The molecule has 0 saturated heterocycles. The summed E-state index contributed by atoms with van der Waals surface area (Å²) in [4.78, 5) is 19.1. The van der Waals surface area contributed by atoms with Crippen LogP contribution in [0.3, 0.4) is 0 Å². The number of amides is 1. The molecule has 0 atom stereocenters. The summed E-state index contributed by atoms with van der Waals surface area (Å²) in [5.74, 6) is 0. The number of carbonyl (C=O) groups is 1. The molecule has 0 unspecified atom stereocenters. The zero-order chi connectivity index (χ0) is 6.57. The first kappa shape index (κ1) is 6.67. The molecular formula is C2H3N2O4-. The van der Waals surface area contributed by atoms with E-state index in [4.69, 9.17) is 0 Å². The van der Waals surface area contributed by atoms with Gasteiger partial charge in [-0.1, -0.05) is 0 Å². The van der Waals surface area contributed by atoms with E-state index in [2.05, 4.69) is 10.2 Å². The first-order valence-electron chi connectivity index (χ1n) is 1.61. The van der Waals surface area contributed by atoms with Gasteiger partial charge in [0.2, 0.25) is 0 Å². The van der Waals surface area contributed by atoms with Gasteiger partial charge in [0.25, 0.3) is 6.09 Å². The van der Waals surface area contributed by atoms with Crippen molar-refractivity contribution < 1.29 is 14.6 Å². The number of carbonyl (C=O) groups excluding carboxylic acids is 1. The van der Waals surface area contributed by atoms with Crippen LogP contribution in [0.5, 0.6) is 0 Å². The van der Waals surface area contributed by atoms with E-state index < -0.39 is 11.1 Å². The second-order valence-corrected chi connectivity index (χ2v) is 0.808. The van der Waals surface area contributed by atoms with Crippen molar-refractivity contribution in [3.8, 4) is 0 Å². The van der Waals surface area contributed by atoms with Crippen molar-refractivity contribution in [3.63, 3.8) is 0 Å². The fourth-order valence-corrected chi connectivity index (χ4v) is 0.107. The molecule has 0 fully saturated rings. The fraction of sp³-hybridized carbons (Fsp3) is 0.500. The van der Waals surface area contributed by atoms with Gasteiger partial charge in [-0.15, -0.1) is 0 Å². The van der Waals surface area contributed by atoms with E-state index in [0.717, 1.165) is 7.11 Å². The fourth-order valence-electron chi connectivity index (χ4n) is 0.107. The lowest BCUT2D eigenvalue weighted by Crippen LogP contribution is -2.01. The molecule has 0 aromatic rings. The topological polar surface area (TPSA) is 83.5 Å². The molecule has 0 radical (unpaired) electrons. The van der Waals surface area contributed by atoms with Crippen LogP contribution < -0.4 is 0 Å². The van der Waals surface area contributed by atoms with Crippen LogP contribution in [-0.2, 0) is 4.74 Å². The molecule has 6 nitrogen and oxygen atoms in total. The van der Waals surface area contributed by atoms with E-state index >= 15 is 0 Å². The number of nitro groups is 1. The lowest BCUT2D eigenvalue weighted by molar-refractivity contribution is -0.419. The van der Waals surface area contributed by atoms with E-state index in [9.17, 15) is 14.9 Å². The van der Waals surface area contributed by atoms with Gasteiger partial charge in [-0.3, -0.25) is 20.3 Å². The van der Waals surface area contributed by atoms with Crippen molar-refractivity contribution in [2.24, 2.45) is 0 Å². The summed E-state index contributed by atoms with van der Waals surface area (Å²) in [5.41, 5.74) is 2.26. The summed E-state index contributed by atoms with van der Waals surface area (Å²) in [7, 11) is 1.01. The number of nitrogens with zero attached hydrogens (tertiary/aromatic N) is 2. The Hall–Kier alpha value is -1.33. The molecule has 8 heavy (non-hydrogen) atoms. The van der Waals surface area contributed by atoms with Crippen molar-refractivity contribution in [1.29, 1.82) is 0 Å². The molecule has 0 spiro atoms. The third-order valence-corrected chi connectivity index (χ3v) is 0.338. The Bertz CT molecular complexity index is 111. The SMILES string of the molecule is COC(=O)[N-][N+](=O)[O-]. The zero-order valence-corrected chi connectivity index (χ0v) is 4.03. The average molecular weight is 119 g/mol. The highest BCUT2D eigenvalue weighted by molar-refractivity contribution is 5.78. The predicted octanol–water partition coefficient (Wildman–Crippen LogP) is 0.318. The summed E-state index contributed by atoms with van der Waals surface area (Å²) >= 11 is 0. The Morgan fingerprint density at radius 1 is 1.88 bits per heavy atom. The monoisotopic (exact) mass is 119 g/mol. The molecule has 6 heteroatoms. The highest BCUT2D eigenvalue weighted by Gasteiger charge is 1.87. The Morgan fingerprint density at radius 3 is 2.50 bits per heavy atom. The van der Waals surface area contributed by atoms with Gasteiger partial charge < -0.3 is 4.74 Å². The summed E-state index contributed by atoms with van der Waals surface area (Å²) in [6.45, 7) is 0. The van der Waals surface area contributed by atoms with E-state index in [0.29, 0.717) is 0 Å². The summed E-state index contributed by atoms with van der Waals surface area (Å²) < 4.78 is 3.81. The van der Waals surface area contributed by atoms with Crippen LogP contribution in [0.25, 0.3) is 5.43 Å². The summed E-state index contributed by atoms with van der Waals surface area (Å²) in [6.07, 6.45) is -1.20. The quantitative estimate of drug-likeness (QED) is 0.367. The molecule has 0 rings (SSSR count). The van der Waals surface area contributed by atoms with E-state index in [-0.39, 0.29) is 0 Å². The first-order chi connectivity index (χ1) is 3.66. The second-order valence-electron chi connectivity index (χ2n) is 0.808. The Balaban J connectivity index is 3.40. The van der Waals surface area contributed by atoms with Gasteiger partial charge in [0.05, 0.1) is 7.11 Å². The van der Waals surface area contributed by atoms with Crippen molar-refractivity contribution in [2.75, 3.05) is 7.11 Å². The van der Waals surface area contributed by atoms with Crippen molar-refractivity contribution in [3.05, 3.63) is 15.5 Å². The normalized spacial score (nSPS) is 7.62. The Morgan fingerprint density at radius 2 is 2.38 bits per heavy atom. The Kier molecular flexibility index (Phi) is 2.32. The first-order valence-corrected chi connectivity index (χ1v) is 1.61. The highest BCUT2D eigenvalue weighted by atomic mass is 16.7. The molecule has 0 aliphatic heterocycles. The van der Waals surface area contributed by atoms with E-state index in [1.807, 2.05) is 0 Å². The maximum absolute atomic E-state index is 9.79. The van der Waals surface area contributed by atoms with Crippen molar-refractivity contribution in [1.82, 2.24) is 0 Å². The molecule has 0 heterocycles. The maximum Gasteiger partial charge on any atom is 0.286 e. The van der Waals surface area contributed by atoms with Crippen LogP contribution in [0.1, 0.15) is 0 Å². The minimum atomic E-state index is -1.20. The van der Waals surface area contributed by atoms with Crippen molar-refractivity contribution >= 4 is 6.09 Å². The predicted molar refractivity (Wildman–Crippen MR) is 22.8 cm³/mol. The number of rotatable bonds is 1. The molecule has 1 amide bonds. The number of hydrogen-bond donors (Lipinski definition) is 0. The second kappa shape index (κ2) is 2.78. The lowest BCUT2D eigenvalue weighted by atomic mass is 11.2. The van der Waals surface area contributed by atoms with Gasteiger partial charge >= 0.3 is 0 Å². The van der Waals surface area contributed by atoms with Gasteiger partial charge in [-0.2, -0.15) is 0 Å². The third-order valence-electron chi connectivity index (χ3n) is 0.338. The molecule has 0 aliphatic rings. The summed E-state index contributed by atoms with van der Waals surface area (Å²) in [6, 6.07) is 0. The van der Waals surface area contributed by atoms with Crippen LogP contribution in [0.4, 0.5) is 4.79 Å². The molecule has 0 aromatic carbocycles. The minimum absolute atomic E-state index is 1.01. The van der Waals surface area contributed by atoms with Crippen LogP contribution in [0, 0.1) is 10.1 Å². The molecule has 0 saturated carbocycles. The van der Waals surface area contributed by atoms with Crippen LogP contribution in [0.2, 0.25) is 0 Å². The van der Waals surface area contributed by atoms with Gasteiger partial charge in [0.1, 0.15) is 0 Å². The van der Waals surface area contributed by atoms with Crippen LogP contribution >= 0.6 is 0 Å². The highest BCUT2D eigenvalue weighted by Crippen LogP contribution is 1.89. The van der Waals surface area contributed by atoms with E-state index in [1.54, 1.807) is 0 Å². The third kappa shape index (κ3) is 2.88. The van der Waals surface area contributed by atoms with Crippen molar-refractivity contribution in [2.45, 2.75) is 0 Å². The van der Waals surface area contributed by atoms with Gasteiger partial charge in [-0.05, 0) is 5.03 Å². The molecular weight excluding hydrogens is 116 g/mol. The van der Waals surface area contributed by atoms with Crippen LogP contribution in [-0.4, -0.2) is 18.2 Å². The molecule has 0 aliphatic carbocycles. The zero-order valence-electron chi connectivity index (χ0n) is 4.03. The standard InChI is InChI=1S/C2H4N2O4/c1-8-2(5)3-4(6)7/h1H3,(H,3,5)/p-1. The molecule has 0 bridgehead atoms. The number of ether oxygens (including phenoxy) is 1. The summed E-state index contributed by atoms with van der Waals surface area (Å²) in [5, 5.41) is 8.19. The Labute approximate surface area is 44.6 Å². The van der Waals surface area contributed by atoms with Gasteiger partial charge in [0, 0.05) is 0 Å². The van der Waals surface area contributed by atoms with E-state index in [1.165, 1.54) is 0 Å². The van der Waals surface area contributed by atoms with Gasteiger partial charge in [-0.25, -0.2) is 0 Å². The number of hydrogen-bond acceptors (Lipinski definition) is 4.